The molecule has 0 aliphatic heterocycles. The van der Waals surface area contributed by atoms with Crippen LogP contribution in [0.1, 0.15) is 6.92 Å². The Kier molecular flexibility index (Phi) is 8.84. The lowest BCUT2D eigenvalue weighted by atomic mass is 10.3. The number of hydrogen-bond acceptors (Lipinski definition) is 3. The van der Waals surface area contributed by atoms with Gasteiger partial charge in [0.1, 0.15) is 0 Å². The van der Waals surface area contributed by atoms with E-state index >= 15 is 0 Å². The van der Waals surface area contributed by atoms with E-state index in [9.17, 15) is 4.79 Å². The third kappa shape index (κ3) is 19.0. The van der Waals surface area contributed by atoms with Gasteiger partial charge in [-0.05, 0) is 6.92 Å². The normalized spacial score (nSPS) is 6.56. The van der Waals surface area contributed by atoms with Gasteiger partial charge in [0.2, 0.25) is 5.91 Å². The zero-order valence-corrected chi connectivity index (χ0v) is 5.16. The Hall–Kier alpha value is -0.805. The highest BCUT2D eigenvalue weighted by Crippen LogP contribution is 1.78. The van der Waals surface area contributed by atoms with Gasteiger partial charge in [-0.3, -0.25) is 4.79 Å². The predicted octanol–water partition coefficient (Wildman–Crippen LogP) is -1.45. The molecule has 0 aliphatic rings. The molecule has 1 radical (unpaired) electrons. The van der Waals surface area contributed by atoms with Crippen LogP contribution in [0.4, 0.5) is 0 Å². The molecule has 0 saturated heterocycles. The minimum Gasteiger partial charge on any atom is -0.429 e. The van der Waals surface area contributed by atoms with Crippen LogP contribution in [-0.2, 0) is 4.79 Å². The molecule has 5 heteroatoms. The van der Waals surface area contributed by atoms with Crippen molar-refractivity contribution in [1.82, 2.24) is 0 Å². The number of primary amides is 1. The van der Waals surface area contributed by atoms with Gasteiger partial charge in [0, 0.05) is 5.57 Å². The summed E-state index contributed by atoms with van der Waals surface area (Å²) in [4.78, 5) is 9.82. The Balaban J connectivity index is 0. The Bertz CT molecular complexity index is 92.0. The summed E-state index contributed by atoms with van der Waals surface area (Å²) in [5.74, 6) is -0.435. The van der Waals surface area contributed by atoms with Crippen LogP contribution in [0.15, 0.2) is 12.2 Å². The fourth-order valence-corrected chi connectivity index (χ4v) is 0. The van der Waals surface area contributed by atoms with Crippen molar-refractivity contribution in [2.24, 2.45) is 5.73 Å². The molecule has 9 heavy (non-hydrogen) atoms. The fourth-order valence-electron chi connectivity index (χ4n) is 0. The van der Waals surface area contributed by atoms with Crippen molar-refractivity contribution in [2.45, 2.75) is 6.92 Å². The summed E-state index contributed by atoms with van der Waals surface area (Å²) in [6, 6.07) is 0. The van der Waals surface area contributed by atoms with Gasteiger partial charge in [0.25, 0.3) is 0 Å². The number of rotatable bonds is 1. The van der Waals surface area contributed by atoms with E-state index in [0.29, 0.717) is 5.57 Å². The lowest BCUT2D eigenvalue weighted by Gasteiger charge is -1.81. The fraction of sp³-hybridized carbons (Fsp3) is 0.250. The molecular weight excluding hydrogens is 121 g/mol. The molecule has 51 valence electrons. The highest BCUT2D eigenvalue weighted by molar-refractivity contribution is 6.13. The molecule has 1 amide bonds. The van der Waals surface area contributed by atoms with Gasteiger partial charge < -0.3 is 15.8 Å². The smallest absolute Gasteiger partial charge is 0.429 e. The molecule has 0 aromatic carbocycles. The van der Waals surface area contributed by atoms with Gasteiger partial charge in [-0.1, -0.05) is 6.58 Å². The average Bonchev–Trinajstić information content (AvgIpc) is 1.68. The molecule has 0 rings (SSSR count). The molecule has 0 bridgehead atoms. The second-order valence-electron chi connectivity index (χ2n) is 1.26. The van der Waals surface area contributed by atoms with Crippen molar-refractivity contribution in [1.29, 1.82) is 0 Å². The third-order valence-corrected chi connectivity index (χ3v) is 0.421. The summed E-state index contributed by atoms with van der Waals surface area (Å²) in [7, 11) is 0. The molecule has 0 aromatic rings. The molecule has 0 spiro atoms. The lowest BCUT2D eigenvalue weighted by Crippen LogP contribution is -2.10. The number of hydrogen-bond donors (Lipinski definition) is 3. The topological polar surface area (TPSA) is 83.6 Å². The summed E-state index contributed by atoms with van der Waals surface area (Å²) < 4.78 is 0. The van der Waals surface area contributed by atoms with E-state index in [1.807, 2.05) is 0 Å². The number of amides is 1. The zero-order chi connectivity index (χ0) is 7.86. The molecule has 4 N–H and O–H groups in total. The molecule has 0 aliphatic carbocycles. The molecule has 0 aromatic heterocycles. The summed E-state index contributed by atoms with van der Waals surface area (Å²) in [5, 5.41) is 14.0. The van der Waals surface area contributed by atoms with Crippen LogP contribution in [0.25, 0.3) is 0 Å². The van der Waals surface area contributed by atoms with Crippen LogP contribution in [0.3, 0.4) is 0 Å². The van der Waals surface area contributed by atoms with Crippen LogP contribution in [-0.4, -0.2) is 23.6 Å². The SMILES string of the molecule is C=C(C)C(N)=O.O[B]O. The van der Waals surface area contributed by atoms with E-state index in [0.717, 1.165) is 0 Å². The highest BCUT2D eigenvalue weighted by Gasteiger charge is 1.86. The second-order valence-corrected chi connectivity index (χ2v) is 1.26. The van der Waals surface area contributed by atoms with Crippen molar-refractivity contribution in [3.63, 3.8) is 0 Å². The first-order chi connectivity index (χ1) is 4.06. The lowest BCUT2D eigenvalue weighted by molar-refractivity contribution is -0.114. The van der Waals surface area contributed by atoms with E-state index in [2.05, 4.69) is 6.58 Å². The monoisotopic (exact) mass is 130 g/mol. The second kappa shape index (κ2) is 7.19. The van der Waals surface area contributed by atoms with E-state index in [4.69, 9.17) is 15.8 Å². The van der Waals surface area contributed by atoms with Crippen molar-refractivity contribution in [2.75, 3.05) is 0 Å². The maximum Gasteiger partial charge on any atom is 0.482 e. The standard InChI is InChI=1S/C4H7NO.BH2O2/c1-3(2)4(5)6;2-1-3/h1H2,2H3,(H2,5,6);2-3H. The van der Waals surface area contributed by atoms with Crippen molar-refractivity contribution < 1.29 is 14.8 Å². The minimum atomic E-state index is -0.435. The molecule has 0 heterocycles. The van der Waals surface area contributed by atoms with Gasteiger partial charge in [-0.2, -0.15) is 0 Å². The summed E-state index contributed by atoms with van der Waals surface area (Å²) in [6.07, 6.45) is 0. The minimum absolute atomic E-state index is 0. The van der Waals surface area contributed by atoms with Gasteiger partial charge in [-0.15, -0.1) is 0 Å². The molecule has 0 unspecified atom stereocenters. The molecule has 0 saturated carbocycles. The molecule has 0 atom stereocenters. The van der Waals surface area contributed by atoms with Crippen LogP contribution in [0.5, 0.6) is 0 Å². The Labute approximate surface area is 54.3 Å². The van der Waals surface area contributed by atoms with E-state index in [-0.39, 0.29) is 7.69 Å². The van der Waals surface area contributed by atoms with Crippen molar-refractivity contribution in [3.8, 4) is 0 Å². The number of carbonyl (C=O) groups is 1. The Morgan fingerprint density at radius 3 is 1.78 bits per heavy atom. The molecular formula is C4H9BNO3. The Morgan fingerprint density at radius 1 is 1.67 bits per heavy atom. The number of carbonyl (C=O) groups excluding carboxylic acids is 1. The summed E-state index contributed by atoms with van der Waals surface area (Å²) >= 11 is 0. The van der Waals surface area contributed by atoms with E-state index in [1.54, 1.807) is 6.92 Å². The van der Waals surface area contributed by atoms with E-state index < -0.39 is 5.91 Å². The van der Waals surface area contributed by atoms with Crippen LogP contribution in [0.2, 0.25) is 0 Å². The largest absolute Gasteiger partial charge is 0.482 e. The third-order valence-electron chi connectivity index (χ3n) is 0.421. The average molecular weight is 130 g/mol. The highest BCUT2D eigenvalue weighted by atomic mass is 16.4. The van der Waals surface area contributed by atoms with Gasteiger partial charge in [0.15, 0.2) is 0 Å². The van der Waals surface area contributed by atoms with Crippen LogP contribution in [0, 0.1) is 0 Å². The molecule has 0 fully saturated rings. The first-order valence-electron chi connectivity index (χ1n) is 2.11. The van der Waals surface area contributed by atoms with Crippen LogP contribution < -0.4 is 5.73 Å². The number of nitrogens with two attached hydrogens (primary N) is 1. The van der Waals surface area contributed by atoms with Gasteiger partial charge in [0.05, 0.1) is 0 Å². The van der Waals surface area contributed by atoms with Gasteiger partial charge in [-0.25, -0.2) is 0 Å². The van der Waals surface area contributed by atoms with E-state index in [1.165, 1.54) is 0 Å². The van der Waals surface area contributed by atoms with Crippen LogP contribution >= 0.6 is 0 Å². The van der Waals surface area contributed by atoms with Crippen molar-refractivity contribution in [3.05, 3.63) is 12.2 Å². The quantitative estimate of drug-likeness (QED) is 0.300. The van der Waals surface area contributed by atoms with Gasteiger partial charge >= 0.3 is 7.69 Å². The Morgan fingerprint density at radius 2 is 1.78 bits per heavy atom. The summed E-state index contributed by atoms with van der Waals surface area (Å²) in [6.45, 7) is 4.85. The first kappa shape index (κ1) is 11.1. The van der Waals surface area contributed by atoms with Crippen molar-refractivity contribution >= 4 is 13.6 Å². The summed E-state index contributed by atoms with van der Waals surface area (Å²) in [5.41, 5.74) is 5.09. The maximum atomic E-state index is 9.82. The maximum absolute atomic E-state index is 9.82. The first-order valence-corrected chi connectivity index (χ1v) is 2.11. The zero-order valence-electron chi connectivity index (χ0n) is 5.16. The molecule has 4 nitrogen and oxygen atoms in total. The predicted molar refractivity (Wildman–Crippen MR) is 34.2 cm³/mol.